The van der Waals surface area contributed by atoms with Crippen molar-refractivity contribution in [3.05, 3.63) is 58.4 Å². The highest BCUT2D eigenvalue weighted by Gasteiger charge is 2.59. The van der Waals surface area contributed by atoms with Crippen molar-refractivity contribution < 1.29 is 4.74 Å². The average molecular weight is 380 g/mol. The van der Waals surface area contributed by atoms with Crippen LogP contribution in [-0.2, 0) is 11.2 Å². The Bertz CT molecular complexity index is 882. The predicted molar refractivity (Wildman–Crippen MR) is 112 cm³/mol. The Morgan fingerprint density at radius 2 is 1.93 bits per heavy atom. The number of nitrogens with one attached hydrogen (secondary N) is 1. The fourth-order valence-corrected chi connectivity index (χ4v) is 5.69. The molecule has 2 saturated heterocycles. The number of rotatable bonds is 4. The Hall–Kier alpha value is -2.27. The first kappa shape index (κ1) is 17.8. The minimum absolute atomic E-state index is 0.0112. The molecule has 1 aromatic carbocycles. The van der Waals surface area contributed by atoms with E-state index in [0.29, 0.717) is 11.8 Å². The second kappa shape index (κ2) is 6.96. The van der Waals surface area contributed by atoms with Crippen molar-refractivity contribution in [2.24, 2.45) is 11.8 Å². The predicted octanol–water partition coefficient (Wildman–Crippen LogP) is 3.06. The molecule has 5 rings (SSSR count). The van der Waals surface area contributed by atoms with E-state index in [1.807, 2.05) is 0 Å². The lowest BCUT2D eigenvalue weighted by Gasteiger charge is -2.59. The number of aromatic nitrogens is 1. The summed E-state index contributed by atoms with van der Waals surface area (Å²) in [5.74, 6) is 2.30. The van der Waals surface area contributed by atoms with Crippen LogP contribution in [0.15, 0.2) is 47.3 Å². The van der Waals surface area contributed by atoms with Crippen LogP contribution in [0.2, 0.25) is 0 Å². The highest BCUT2D eigenvalue weighted by molar-refractivity contribution is 5.59. The van der Waals surface area contributed by atoms with E-state index >= 15 is 0 Å². The van der Waals surface area contributed by atoms with Crippen LogP contribution in [0.5, 0.6) is 0 Å². The third-order valence-corrected chi connectivity index (χ3v) is 7.23. The molecule has 3 aliphatic rings. The first-order valence-corrected chi connectivity index (χ1v) is 10.6. The molecule has 148 valence electrons. The molecule has 2 aromatic rings. The van der Waals surface area contributed by atoms with Crippen molar-refractivity contribution in [2.45, 2.75) is 31.7 Å². The van der Waals surface area contributed by atoms with E-state index < -0.39 is 0 Å². The molecule has 0 spiro atoms. The molecule has 1 saturated carbocycles. The number of anilines is 2. The zero-order chi connectivity index (χ0) is 19.1. The van der Waals surface area contributed by atoms with Crippen molar-refractivity contribution in [3.63, 3.8) is 0 Å². The lowest BCUT2D eigenvalue weighted by Crippen LogP contribution is -2.69. The molecule has 0 radical (unpaired) electrons. The van der Waals surface area contributed by atoms with Crippen LogP contribution < -0.4 is 15.4 Å². The summed E-state index contributed by atoms with van der Waals surface area (Å²) in [6.45, 7) is 6.57. The number of ether oxygens (including phenoxy) is 1. The molecular weight excluding hydrogens is 350 g/mol. The van der Waals surface area contributed by atoms with E-state index in [0.717, 1.165) is 50.8 Å². The number of hydrogen-bond donors (Lipinski definition) is 1. The van der Waals surface area contributed by atoms with Gasteiger partial charge in [-0.25, -0.2) is 0 Å². The van der Waals surface area contributed by atoms with E-state index in [2.05, 4.69) is 58.1 Å². The van der Waals surface area contributed by atoms with Crippen LogP contribution in [-0.4, -0.2) is 43.4 Å². The summed E-state index contributed by atoms with van der Waals surface area (Å²) >= 11 is 0. The highest BCUT2D eigenvalue weighted by Crippen LogP contribution is 2.55. The van der Waals surface area contributed by atoms with Gasteiger partial charge in [-0.1, -0.05) is 37.3 Å². The number of H-pyrrole nitrogens is 1. The summed E-state index contributed by atoms with van der Waals surface area (Å²) < 4.78 is 5.48. The zero-order valence-electron chi connectivity index (χ0n) is 16.6. The SMILES string of the molecule is C[C@H]1CCC2CN(c3cc(N4CCOCC4)cc(=O)[nH]3)[C@@]21Cc1ccccc1. The Labute approximate surface area is 166 Å². The van der Waals surface area contributed by atoms with Gasteiger partial charge in [-0.2, -0.15) is 0 Å². The zero-order valence-corrected chi connectivity index (χ0v) is 16.6. The van der Waals surface area contributed by atoms with E-state index in [1.54, 1.807) is 6.07 Å². The lowest BCUT2D eigenvalue weighted by molar-refractivity contribution is 0.122. The quantitative estimate of drug-likeness (QED) is 0.887. The minimum Gasteiger partial charge on any atom is -0.378 e. The minimum atomic E-state index is -0.0112. The molecule has 1 unspecified atom stereocenters. The number of benzene rings is 1. The van der Waals surface area contributed by atoms with Crippen LogP contribution in [0.1, 0.15) is 25.3 Å². The van der Waals surface area contributed by atoms with Gasteiger partial charge in [0.25, 0.3) is 5.56 Å². The summed E-state index contributed by atoms with van der Waals surface area (Å²) in [6, 6.07) is 14.7. The second-order valence-electron chi connectivity index (χ2n) is 8.63. The summed E-state index contributed by atoms with van der Waals surface area (Å²) in [5, 5.41) is 0. The summed E-state index contributed by atoms with van der Waals surface area (Å²) in [4.78, 5) is 20.4. The fourth-order valence-electron chi connectivity index (χ4n) is 5.69. The summed E-state index contributed by atoms with van der Waals surface area (Å²) in [7, 11) is 0. The van der Waals surface area contributed by atoms with Crippen molar-refractivity contribution in [3.8, 4) is 0 Å². The van der Waals surface area contributed by atoms with Crippen LogP contribution >= 0.6 is 0 Å². The molecule has 2 aliphatic heterocycles. The van der Waals surface area contributed by atoms with Crippen molar-refractivity contribution in [1.82, 2.24) is 4.98 Å². The van der Waals surface area contributed by atoms with Gasteiger partial charge in [0.2, 0.25) is 0 Å². The van der Waals surface area contributed by atoms with Crippen molar-refractivity contribution >= 4 is 11.5 Å². The van der Waals surface area contributed by atoms with Gasteiger partial charge >= 0.3 is 0 Å². The van der Waals surface area contributed by atoms with Crippen LogP contribution in [0, 0.1) is 11.8 Å². The molecule has 5 heteroatoms. The Morgan fingerprint density at radius 1 is 1.14 bits per heavy atom. The Kier molecular flexibility index (Phi) is 4.43. The maximum absolute atomic E-state index is 12.5. The average Bonchev–Trinajstić information content (AvgIpc) is 2.94. The number of morpholine rings is 1. The molecule has 3 heterocycles. The molecule has 3 fully saturated rings. The van der Waals surface area contributed by atoms with E-state index in [-0.39, 0.29) is 11.1 Å². The van der Waals surface area contributed by atoms with Crippen molar-refractivity contribution in [2.75, 3.05) is 42.6 Å². The normalized spacial score (nSPS) is 29.5. The topological polar surface area (TPSA) is 48.6 Å². The molecule has 5 nitrogen and oxygen atoms in total. The maximum Gasteiger partial charge on any atom is 0.251 e. The standard InChI is InChI=1S/C23H29N3O2/c1-17-7-8-19-16-26(23(17,19)15-18-5-3-2-4-6-18)21-13-20(14-22(27)24-21)25-9-11-28-12-10-25/h2-6,13-14,17,19H,7-12,15-16H2,1H3,(H,24,27)/t17-,19?,23+/m0/s1. The number of pyridine rings is 1. The van der Waals surface area contributed by atoms with Crippen LogP contribution in [0.3, 0.4) is 0 Å². The highest BCUT2D eigenvalue weighted by atomic mass is 16.5. The maximum atomic E-state index is 12.5. The molecule has 3 atom stereocenters. The molecule has 1 aromatic heterocycles. The van der Waals surface area contributed by atoms with Gasteiger partial charge in [0.15, 0.2) is 0 Å². The van der Waals surface area contributed by atoms with Gasteiger partial charge in [-0.3, -0.25) is 4.79 Å². The third-order valence-electron chi connectivity index (χ3n) is 7.23. The van der Waals surface area contributed by atoms with Crippen LogP contribution in [0.25, 0.3) is 0 Å². The van der Waals surface area contributed by atoms with E-state index in [1.165, 1.54) is 18.4 Å². The Balaban J connectivity index is 1.50. The first-order valence-electron chi connectivity index (χ1n) is 10.6. The fraction of sp³-hybridized carbons (Fsp3) is 0.522. The first-order chi connectivity index (χ1) is 13.7. The molecule has 0 amide bonds. The molecule has 0 bridgehead atoms. The lowest BCUT2D eigenvalue weighted by atomic mass is 9.68. The summed E-state index contributed by atoms with van der Waals surface area (Å²) in [5.41, 5.74) is 2.51. The Morgan fingerprint density at radius 3 is 2.68 bits per heavy atom. The number of hydrogen-bond acceptors (Lipinski definition) is 4. The van der Waals surface area contributed by atoms with Gasteiger partial charge in [-0.15, -0.1) is 0 Å². The second-order valence-corrected chi connectivity index (χ2v) is 8.63. The summed E-state index contributed by atoms with van der Waals surface area (Å²) in [6.07, 6.45) is 3.60. The van der Waals surface area contributed by atoms with Gasteiger partial charge in [0.1, 0.15) is 5.82 Å². The third kappa shape index (κ3) is 2.84. The number of nitrogens with zero attached hydrogens (tertiary/aromatic N) is 2. The van der Waals surface area contributed by atoms with E-state index in [4.69, 9.17) is 4.74 Å². The van der Waals surface area contributed by atoms with Crippen LogP contribution in [0.4, 0.5) is 11.5 Å². The van der Waals surface area contributed by atoms with Crippen molar-refractivity contribution in [1.29, 1.82) is 0 Å². The molecule has 1 aliphatic carbocycles. The van der Waals surface area contributed by atoms with Gasteiger partial charge < -0.3 is 19.5 Å². The van der Waals surface area contributed by atoms with Gasteiger partial charge in [0, 0.05) is 43.4 Å². The molecule has 1 N–H and O–H groups in total. The largest absolute Gasteiger partial charge is 0.378 e. The number of aromatic amines is 1. The van der Waals surface area contributed by atoms with E-state index in [9.17, 15) is 4.79 Å². The molecular formula is C23H29N3O2. The smallest absolute Gasteiger partial charge is 0.251 e. The van der Waals surface area contributed by atoms with Gasteiger partial charge in [0.05, 0.1) is 18.8 Å². The molecule has 28 heavy (non-hydrogen) atoms. The van der Waals surface area contributed by atoms with Gasteiger partial charge in [-0.05, 0) is 30.7 Å². The monoisotopic (exact) mass is 379 g/mol. The number of fused-ring (bicyclic) bond motifs is 1.